The molecule has 0 saturated heterocycles. The van der Waals surface area contributed by atoms with Crippen molar-refractivity contribution in [2.45, 2.75) is 64.9 Å². The molecule has 0 aromatic heterocycles. The van der Waals surface area contributed by atoms with E-state index < -0.39 is 23.6 Å². The number of hydrogen-bond acceptors (Lipinski definition) is 12. The smallest absolute Gasteiger partial charge is 0.410 e. The zero-order valence-corrected chi connectivity index (χ0v) is 28.3. The molecule has 0 radical (unpaired) electrons. The summed E-state index contributed by atoms with van der Waals surface area (Å²) >= 11 is 0. The average molecular weight is 690 g/mol. The molecule has 19 heteroatoms. The highest BCUT2D eigenvalue weighted by atomic mass is 16.6. The standard InChI is InChI=1S/C29H55N9O10/c1-29(2,3)48-28(47)38(18-8-24(41)36-20-32-10-4-22(39)34-16-14-30-12-6-26(43)44)19-9-25(42)37-21-33-11-5-23(40)35-17-15-31-13-7-27(45)46/h30-33H,4-21H2,1-3H3,(H,34,39)(H,35,40)(H,36,41)(H,37,42)(H,43,44)(H,45,46). The molecule has 0 unspecified atom stereocenters. The van der Waals surface area contributed by atoms with Gasteiger partial charge in [-0.15, -0.1) is 0 Å². The van der Waals surface area contributed by atoms with Crippen LogP contribution in [0.4, 0.5) is 4.79 Å². The molecule has 0 atom stereocenters. The van der Waals surface area contributed by atoms with Gasteiger partial charge in [0, 0.05) is 91.1 Å². The molecule has 0 fully saturated rings. The highest BCUT2D eigenvalue weighted by Gasteiger charge is 2.23. The summed E-state index contributed by atoms with van der Waals surface area (Å²) in [5.74, 6) is -2.87. The Balaban J connectivity index is 4.25. The Hall–Kier alpha value is -4.07. The zero-order valence-electron chi connectivity index (χ0n) is 28.3. The predicted octanol–water partition coefficient (Wildman–Crippen LogP) is -2.53. The maximum atomic E-state index is 12.7. The molecule has 0 aromatic rings. The van der Waals surface area contributed by atoms with Gasteiger partial charge in [0.25, 0.3) is 0 Å². The molecule has 0 bridgehead atoms. The van der Waals surface area contributed by atoms with Crippen molar-refractivity contribution in [3.05, 3.63) is 0 Å². The van der Waals surface area contributed by atoms with Crippen LogP contribution in [0.15, 0.2) is 0 Å². The molecule has 0 saturated carbocycles. The van der Waals surface area contributed by atoms with E-state index in [0.29, 0.717) is 52.4 Å². The number of nitrogens with one attached hydrogen (secondary N) is 8. The summed E-state index contributed by atoms with van der Waals surface area (Å²) in [5.41, 5.74) is -0.778. The van der Waals surface area contributed by atoms with E-state index in [2.05, 4.69) is 42.5 Å². The summed E-state index contributed by atoms with van der Waals surface area (Å²) < 4.78 is 5.42. The fraction of sp³-hybridized carbons (Fsp3) is 0.759. The molecule has 276 valence electrons. The van der Waals surface area contributed by atoms with E-state index in [1.165, 1.54) is 4.90 Å². The number of rotatable bonds is 28. The Morgan fingerprint density at radius 2 is 0.875 bits per heavy atom. The number of nitrogens with zero attached hydrogens (tertiary/aromatic N) is 1. The first-order valence-electron chi connectivity index (χ1n) is 16.0. The SMILES string of the molecule is CC(C)(C)OC(=O)N(CCC(=O)NCNCCC(=O)NCCNCCC(=O)O)CCC(=O)NCNCCC(=O)NCCNCCC(=O)O. The molecule has 0 spiro atoms. The molecule has 0 rings (SSSR count). The fourth-order valence-electron chi connectivity index (χ4n) is 3.57. The van der Waals surface area contributed by atoms with Crippen LogP contribution < -0.4 is 42.5 Å². The quantitative estimate of drug-likeness (QED) is 0.0300. The van der Waals surface area contributed by atoms with E-state index in [1.54, 1.807) is 20.8 Å². The highest BCUT2D eigenvalue weighted by molar-refractivity contribution is 5.79. The first kappa shape index (κ1) is 43.9. The number of carbonyl (C=O) groups excluding carboxylic acids is 5. The van der Waals surface area contributed by atoms with Crippen LogP contribution in [0.5, 0.6) is 0 Å². The second-order valence-electron chi connectivity index (χ2n) is 11.5. The van der Waals surface area contributed by atoms with Crippen LogP contribution in [-0.4, -0.2) is 141 Å². The van der Waals surface area contributed by atoms with Gasteiger partial charge >= 0.3 is 18.0 Å². The van der Waals surface area contributed by atoms with Crippen molar-refractivity contribution in [1.29, 1.82) is 0 Å². The topological polar surface area (TPSA) is 269 Å². The van der Waals surface area contributed by atoms with Crippen molar-refractivity contribution in [1.82, 2.24) is 47.4 Å². The van der Waals surface area contributed by atoms with E-state index in [1.807, 2.05) is 0 Å². The van der Waals surface area contributed by atoms with Crippen LogP contribution in [0.3, 0.4) is 0 Å². The van der Waals surface area contributed by atoms with Crippen molar-refractivity contribution in [2.75, 3.05) is 78.8 Å². The Kier molecular flexibility index (Phi) is 24.7. The zero-order chi connectivity index (χ0) is 36.2. The summed E-state index contributed by atoms with van der Waals surface area (Å²) in [6, 6.07) is 0. The third-order valence-electron chi connectivity index (χ3n) is 6.03. The summed E-state index contributed by atoms with van der Waals surface area (Å²) in [6.45, 7) is 8.27. The van der Waals surface area contributed by atoms with Crippen LogP contribution in [0.1, 0.15) is 59.3 Å². The van der Waals surface area contributed by atoms with Gasteiger partial charge < -0.3 is 51.8 Å². The first-order chi connectivity index (χ1) is 22.7. The number of ether oxygens (including phenoxy) is 1. The van der Waals surface area contributed by atoms with Crippen LogP contribution >= 0.6 is 0 Å². The molecule has 10 N–H and O–H groups in total. The molecular weight excluding hydrogens is 634 g/mol. The van der Waals surface area contributed by atoms with Crippen LogP contribution in [0.25, 0.3) is 0 Å². The Bertz CT molecular complexity index is 944. The van der Waals surface area contributed by atoms with Crippen molar-refractivity contribution < 1.29 is 48.5 Å². The van der Waals surface area contributed by atoms with Gasteiger partial charge in [-0.05, 0) is 20.8 Å². The van der Waals surface area contributed by atoms with E-state index in [9.17, 15) is 33.6 Å². The summed E-state index contributed by atoms with van der Waals surface area (Å²) in [7, 11) is 0. The van der Waals surface area contributed by atoms with Crippen LogP contribution in [0.2, 0.25) is 0 Å². The second kappa shape index (κ2) is 26.9. The average Bonchev–Trinajstić information content (AvgIpc) is 2.99. The van der Waals surface area contributed by atoms with Gasteiger partial charge in [0.1, 0.15) is 5.60 Å². The first-order valence-corrected chi connectivity index (χ1v) is 16.0. The van der Waals surface area contributed by atoms with Gasteiger partial charge in [-0.2, -0.15) is 0 Å². The predicted molar refractivity (Wildman–Crippen MR) is 175 cm³/mol. The van der Waals surface area contributed by atoms with Crippen molar-refractivity contribution in [3.8, 4) is 0 Å². The number of carboxylic acid groups (broad SMARTS) is 2. The van der Waals surface area contributed by atoms with E-state index in [0.717, 1.165) is 0 Å². The van der Waals surface area contributed by atoms with Gasteiger partial charge in [0.05, 0.1) is 26.2 Å². The number of hydrogen-bond donors (Lipinski definition) is 10. The third-order valence-corrected chi connectivity index (χ3v) is 6.03. The highest BCUT2D eigenvalue weighted by Crippen LogP contribution is 2.10. The molecular formula is C29H55N9O10. The second-order valence-corrected chi connectivity index (χ2v) is 11.5. The molecule has 0 aromatic carbocycles. The lowest BCUT2D eigenvalue weighted by Gasteiger charge is -2.27. The molecule has 0 aliphatic rings. The minimum Gasteiger partial charge on any atom is -0.481 e. The normalized spacial score (nSPS) is 10.9. The molecule has 0 aliphatic heterocycles. The van der Waals surface area contributed by atoms with E-state index >= 15 is 0 Å². The lowest BCUT2D eigenvalue weighted by molar-refractivity contribution is -0.137. The Morgan fingerprint density at radius 3 is 1.25 bits per heavy atom. The van der Waals surface area contributed by atoms with Gasteiger partial charge in [0.2, 0.25) is 23.6 Å². The maximum Gasteiger partial charge on any atom is 0.410 e. The lowest BCUT2D eigenvalue weighted by atomic mass is 10.2. The van der Waals surface area contributed by atoms with Gasteiger partial charge in [-0.25, -0.2) is 4.79 Å². The Morgan fingerprint density at radius 1 is 0.500 bits per heavy atom. The third kappa shape index (κ3) is 29.3. The van der Waals surface area contributed by atoms with Crippen LogP contribution in [-0.2, 0) is 33.5 Å². The molecule has 0 aliphatic carbocycles. The number of amides is 5. The van der Waals surface area contributed by atoms with Crippen molar-refractivity contribution in [2.24, 2.45) is 0 Å². The maximum absolute atomic E-state index is 12.7. The van der Waals surface area contributed by atoms with Crippen molar-refractivity contribution in [3.63, 3.8) is 0 Å². The molecule has 48 heavy (non-hydrogen) atoms. The molecule has 5 amide bonds. The van der Waals surface area contributed by atoms with Crippen molar-refractivity contribution >= 4 is 41.7 Å². The largest absolute Gasteiger partial charge is 0.481 e. The molecule has 0 heterocycles. The number of carboxylic acids is 2. The van der Waals surface area contributed by atoms with Gasteiger partial charge in [-0.3, -0.25) is 39.4 Å². The van der Waals surface area contributed by atoms with Crippen LogP contribution in [0, 0.1) is 0 Å². The fourth-order valence-corrected chi connectivity index (χ4v) is 3.57. The van der Waals surface area contributed by atoms with E-state index in [-0.39, 0.29) is 88.6 Å². The summed E-state index contributed by atoms with van der Waals surface area (Å²) in [6.07, 6.45) is -0.372. The van der Waals surface area contributed by atoms with Gasteiger partial charge in [-0.1, -0.05) is 0 Å². The monoisotopic (exact) mass is 689 g/mol. The minimum absolute atomic E-state index is 0.00507. The summed E-state index contributed by atoms with van der Waals surface area (Å²) in [5, 5.41) is 39.5. The molecule has 19 nitrogen and oxygen atoms in total. The number of carbonyl (C=O) groups is 7. The van der Waals surface area contributed by atoms with E-state index in [4.69, 9.17) is 14.9 Å². The minimum atomic E-state index is -0.896. The van der Waals surface area contributed by atoms with Gasteiger partial charge in [0.15, 0.2) is 0 Å². The lowest BCUT2D eigenvalue weighted by Crippen LogP contribution is -2.42. The summed E-state index contributed by atoms with van der Waals surface area (Å²) in [4.78, 5) is 83.3. The number of aliphatic carboxylic acids is 2. The Labute approximate surface area is 281 Å².